The first-order chi connectivity index (χ1) is 33.8. The van der Waals surface area contributed by atoms with E-state index < -0.39 is 0 Å². The van der Waals surface area contributed by atoms with Crippen LogP contribution in [0.4, 0.5) is 0 Å². The second kappa shape index (κ2) is 23.4. The van der Waals surface area contributed by atoms with E-state index in [-0.39, 0.29) is 33.8 Å². The Labute approximate surface area is 426 Å². The Hall–Kier alpha value is -7.84. The van der Waals surface area contributed by atoms with Gasteiger partial charge >= 0.3 is 0 Å². The molecule has 0 radical (unpaired) electrons. The van der Waals surface area contributed by atoms with Gasteiger partial charge in [-0.05, 0) is 206 Å². The second-order valence-corrected chi connectivity index (χ2v) is 20.1. The molecule has 8 heteroatoms. The van der Waals surface area contributed by atoms with Gasteiger partial charge in [0.2, 0.25) is 0 Å². The minimum atomic E-state index is -0.188. The van der Waals surface area contributed by atoms with Crippen molar-refractivity contribution in [1.82, 2.24) is 0 Å². The van der Waals surface area contributed by atoms with Gasteiger partial charge < -0.3 is 40.9 Å². The van der Waals surface area contributed by atoms with Gasteiger partial charge in [-0.2, -0.15) is 0 Å². The standard InChI is InChI=1S/C19H24O2.C17H20O2.C15H16O2.C13H12O2/c1-11-7-15(8-12(2)17(11)20)19(5,6)16-9-13(3)18(21)14(4)10-16;1-10-5-14(6-11(2)16(10)18)9-15-7-12(3)17(19)13(4)8-15;1-15(2,11-3-7-13(16)8-4-11)12-5-9-14(17)10-6-12;14-12-5-1-10(2-6-12)9-11-3-7-13(15)8-4-11/h7-10,20-21H,1-6H3;5-8,18-19H,9H2,1-4H3;3-10,16-17H,1-2H3;1-8,14-15H,9H2. The molecule has 0 saturated heterocycles. The van der Waals surface area contributed by atoms with Crippen molar-refractivity contribution in [2.45, 2.75) is 107 Å². The number of aryl methyl sites for hydroxylation is 8. The second-order valence-electron chi connectivity index (χ2n) is 20.1. The maximum Gasteiger partial charge on any atom is 0.121 e. The molecule has 0 heterocycles. The lowest BCUT2D eigenvalue weighted by molar-refractivity contribution is 0.464. The van der Waals surface area contributed by atoms with Gasteiger partial charge in [0.25, 0.3) is 0 Å². The number of hydrogen-bond acceptors (Lipinski definition) is 8. The van der Waals surface area contributed by atoms with Gasteiger partial charge in [0.15, 0.2) is 0 Å². The zero-order valence-corrected chi connectivity index (χ0v) is 43.8. The molecule has 8 N–H and O–H groups in total. The molecule has 72 heavy (non-hydrogen) atoms. The average Bonchev–Trinajstić information content (AvgIpc) is 3.33. The molecule has 0 atom stereocenters. The molecule has 376 valence electrons. The molecule has 8 aromatic rings. The van der Waals surface area contributed by atoms with Crippen molar-refractivity contribution < 1.29 is 40.9 Å². The van der Waals surface area contributed by atoms with Gasteiger partial charge in [0.1, 0.15) is 46.0 Å². The van der Waals surface area contributed by atoms with Gasteiger partial charge in [-0.3, -0.25) is 0 Å². The molecular weight excluding hydrogens is 897 g/mol. The first-order valence-corrected chi connectivity index (χ1v) is 24.1. The molecule has 0 aliphatic rings. The van der Waals surface area contributed by atoms with Crippen molar-refractivity contribution in [3.63, 3.8) is 0 Å². The van der Waals surface area contributed by atoms with E-state index in [1.165, 1.54) is 22.3 Å². The largest absolute Gasteiger partial charge is 0.508 e. The van der Waals surface area contributed by atoms with Crippen molar-refractivity contribution in [3.8, 4) is 46.0 Å². The highest BCUT2D eigenvalue weighted by Gasteiger charge is 2.26. The normalized spacial score (nSPS) is 11.1. The van der Waals surface area contributed by atoms with E-state index in [0.717, 1.165) is 79.6 Å². The SMILES string of the molecule is CC(C)(c1ccc(O)cc1)c1ccc(O)cc1.Cc1cc(C(C)(C)c2cc(C)c(O)c(C)c2)cc(C)c1O.Cc1cc(Cc2cc(C)c(O)c(C)c2)cc(C)c1O.Oc1ccc(Cc2ccc(O)cc2)cc1. The van der Waals surface area contributed by atoms with Crippen LogP contribution in [0.2, 0.25) is 0 Å². The highest BCUT2D eigenvalue weighted by molar-refractivity contribution is 5.52. The van der Waals surface area contributed by atoms with E-state index in [2.05, 4.69) is 27.7 Å². The summed E-state index contributed by atoms with van der Waals surface area (Å²) in [6.45, 7) is 23.9. The third-order valence-electron chi connectivity index (χ3n) is 13.4. The van der Waals surface area contributed by atoms with Crippen molar-refractivity contribution in [3.05, 3.63) is 235 Å². The summed E-state index contributed by atoms with van der Waals surface area (Å²) in [4.78, 5) is 0. The minimum absolute atomic E-state index is 0.151. The molecule has 0 unspecified atom stereocenters. The predicted molar refractivity (Wildman–Crippen MR) is 293 cm³/mol. The molecule has 8 nitrogen and oxygen atoms in total. The average molecular weight is 969 g/mol. The molecule has 0 aliphatic carbocycles. The topological polar surface area (TPSA) is 162 Å². The fourth-order valence-corrected chi connectivity index (χ4v) is 8.72. The van der Waals surface area contributed by atoms with E-state index in [0.29, 0.717) is 23.0 Å². The third kappa shape index (κ3) is 14.2. The first-order valence-electron chi connectivity index (χ1n) is 24.1. The quantitative estimate of drug-likeness (QED) is 0.0746. The Balaban J connectivity index is 0.000000179. The van der Waals surface area contributed by atoms with E-state index in [1.54, 1.807) is 48.5 Å². The summed E-state index contributed by atoms with van der Waals surface area (Å²) in [6, 6.07) is 44.9. The molecule has 8 rings (SSSR count). The summed E-state index contributed by atoms with van der Waals surface area (Å²) < 4.78 is 0. The molecule has 0 fully saturated rings. The van der Waals surface area contributed by atoms with Crippen molar-refractivity contribution in [1.29, 1.82) is 0 Å². The van der Waals surface area contributed by atoms with E-state index in [4.69, 9.17) is 10.2 Å². The van der Waals surface area contributed by atoms with Crippen LogP contribution in [0, 0.1) is 55.4 Å². The Morgan fingerprint density at radius 2 is 0.444 bits per heavy atom. The first kappa shape index (κ1) is 55.1. The number of aromatic hydroxyl groups is 8. The lowest BCUT2D eigenvalue weighted by Gasteiger charge is -2.28. The Morgan fingerprint density at radius 1 is 0.250 bits per heavy atom. The van der Waals surface area contributed by atoms with E-state index >= 15 is 0 Å². The number of benzene rings is 8. The van der Waals surface area contributed by atoms with Gasteiger partial charge in [-0.1, -0.05) is 125 Å². The van der Waals surface area contributed by atoms with Crippen LogP contribution in [0.5, 0.6) is 46.0 Å². The van der Waals surface area contributed by atoms with Gasteiger partial charge in [0.05, 0.1) is 0 Å². The summed E-state index contributed by atoms with van der Waals surface area (Å²) in [5, 5.41) is 76.3. The van der Waals surface area contributed by atoms with Gasteiger partial charge in [-0.15, -0.1) is 0 Å². The van der Waals surface area contributed by atoms with Crippen molar-refractivity contribution >= 4 is 0 Å². The molecule has 0 spiro atoms. The Morgan fingerprint density at radius 3 is 0.694 bits per heavy atom. The summed E-state index contributed by atoms with van der Waals surface area (Å²) in [7, 11) is 0. The lowest BCUT2D eigenvalue weighted by Crippen LogP contribution is -2.19. The minimum Gasteiger partial charge on any atom is -0.508 e. The summed E-state index contributed by atoms with van der Waals surface area (Å²) in [5.41, 5.74) is 16.1. The smallest absolute Gasteiger partial charge is 0.121 e. The highest BCUT2D eigenvalue weighted by atomic mass is 16.3. The Bertz CT molecular complexity index is 2790. The maximum atomic E-state index is 9.96. The lowest BCUT2D eigenvalue weighted by atomic mass is 9.76. The number of phenolic OH excluding ortho intramolecular Hbond substituents is 8. The number of rotatable bonds is 8. The third-order valence-corrected chi connectivity index (χ3v) is 13.4. The molecule has 0 saturated carbocycles. The van der Waals surface area contributed by atoms with E-state index in [9.17, 15) is 30.6 Å². The summed E-state index contributed by atoms with van der Waals surface area (Å²) in [5.74, 6) is 2.60. The molecule has 8 aromatic carbocycles. The fourth-order valence-electron chi connectivity index (χ4n) is 8.72. The van der Waals surface area contributed by atoms with Crippen molar-refractivity contribution in [2.24, 2.45) is 0 Å². The predicted octanol–water partition coefficient (Wildman–Crippen LogP) is 14.7. The van der Waals surface area contributed by atoms with Crippen LogP contribution in [0.25, 0.3) is 0 Å². The number of hydrogen-bond donors (Lipinski definition) is 8. The van der Waals surface area contributed by atoms with Crippen LogP contribution in [0.3, 0.4) is 0 Å². The number of phenols is 8. The highest BCUT2D eigenvalue weighted by Crippen LogP contribution is 2.38. The summed E-state index contributed by atoms with van der Waals surface area (Å²) >= 11 is 0. The van der Waals surface area contributed by atoms with Crippen LogP contribution in [0.15, 0.2) is 146 Å². The molecular formula is C64H72O8. The van der Waals surface area contributed by atoms with Crippen LogP contribution in [0.1, 0.15) is 117 Å². The van der Waals surface area contributed by atoms with Gasteiger partial charge in [-0.25, -0.2) is 0 Å². The zero-order valence-electron chi connectivity index (χ0n) is 43.8. The van der Waals surface area contributed by atoms with Gasteiger partial charge in [0, 0.05) is 10.8 Å². The van der Waals surface area contributed by atoms with Crippen LogP contribution in [-0.4, -0.2) is 40.9 Å². The molecule has 0 amide bonds. The van der Waals surface area contributed by atoms with Crippen LogP contribution >= 0.6 is 0 Å². The van der Waals surface area contributed by atoms with Crippen LogP contribution < -0.4 is 0 Å². The zero-order chi connectivity index (χ0) is 53.2. The fraction of sp³-hybridized carbons (Fsp3) is 0.250. The summed E-state index contributed by atoms with van der Waals surface area (Å²) in [6.07, 6.45) is 1.62. The molecule has 0 aliphatic heterocycles. The molecule has 0 aromatic heterocycles. The monoisotopic (exact) mass is 969 g/mol. The van der Waals surface area contributed by atoms with E-state index in [1.807, 2.05) is 152 Å². The van der Waals surface area contributed by atoms with Crippen molar-refractivity contribution in [2.75, 3.05) is 0 Å². The Kier molecular flexibility index (Phi) is 17.9. The molecule has 0 bridgehead atoms. The maximum absolute atomic E-state index is 9.96. The van der Waals surface area contributed by atoms with Crippen LogP contribution in [-0.2, 0) is 23.7 Å².